The molecule has 3 aromatic heterocycles. The number of imidazole rings is 1. The van der Waals surface area contributed by atoms with Crippen molar-refractivity contribution in [1.29, 1.82) is 0 Å². The molecule has 104 valence electrons. The van der Waals surface area contributed by atoms with Gasteiger partial charge in [-0.05, 0) is 12.1 Å². The lowest BCUT2D eigenvalue weighted by Crippen LogP contribution is -2.04. The van der Waals surface area contributed by atoms with Gasteiger partial charge in [-0.3, -0.25) is 4.40 Å². The summed E-state index contributed by atoms with van der Waals surface area (Å²) in [6.45, 7) is 0.558. The first-order valence-electron chi connectivity index (χ1n) is 6.44. The molecule has 0 amide bonds. The molecule has 0 fully saturated rings. The number of para-hydroxylation sites is 1. The summed E-state index contributed by atoms with van der Waals surface area (Å²) in [5, 5.41) is 12.3. The van der Waals surface area contributed by atoms with Crippen molar-refractivity contribution in [2.24, 2.45) is 0 Å². The van der Waals surface area contributed by atoms with Gasteiger partial charge in [-0.15, -0.1) is 11.3 Å². The van der Waals surface area contributed by atoms with Crippen LogP contribution in [0.3, 0.4) is 0 Å². The minimum absolute atomic E-state index is 0.318. The van der Waals surface area contributed by atoms with E-state index >= 15 is 0 Å². The molecule has 5 nitrogen and oxygen atoms in total. The van der Waals surface area contributed by atoms with Crippen molar-refractivity contribution in [3.05, 3.63) is 59.5 Å². The fourth-order valence-electron chi connectivity index (χ4n) is 2.59. The van der Waals surface area contributed by atoms with Gasteiger partial charge < -0.3 is 9.67 Å². The molecule has 0 bridgehead atoms. The number of benzene rings is 1. The van der Waals surface area contributed by atoms with Crippen LogP contribution in [0.15, 0.2) is 48.2 Å². The molecule has 0 spiro atoms. The van der Waals surface area contributed by atoms with Gasteiger partial charge in [-0.2, -0.15) is 0 Å². The van der Waals surface area contributed by atoms with Crippen molar-refractivity contribution in [3.8, 4) is 0 Å². The van der Waals surface area contributed by atoms with Gasteiger partial charge in [-0.25, -0.2) is 9.78 Å². The van der Waals surface area contributed by atoms with Gasteiger partial charge in [0.25, 0.3) is 0 Å². The molecular formula is C15H11N3O2S. The maximum Gasteiger partial charge on any atom is 0.337 e. The lowest BCUT2D eigenvalue weighted by molar-refractivity contribution is 0.0698. The van der Waals surface area contributed by atoms with Crippen molar-refractivity contribution in [1.82, 2.24) is 14.0 Å². The van der Waals surface area contributed by atoms with E-state index in [1.54, 1.807) is 23.5 Å². The molecule has 21 heavy (non-hydrogen) atoms. The Bertz CT molecular complexity index is 935. The highest BCUT2D eigenvalue weighted by Crippen LogP contribution is 2.22. The molecule has 0 aliphatic carbocycles. The van der Waals surface area contributed by atoms with Crippen LogP contribution in [0.4, 0.5) is 0 Å². The Morgan fingerprint density at radius 1 is 1.29 bits per heavy atom. The zero-order chi connectivity index (χ0) is 14.4. The van der Waals surface area contributed by atoms with Crippen LogP contribution >= 0.6 is 11.3 Å². The van der Waals surface area contributed by atoms with E-state index in [0.29, 0.717) is 12.1 Å². The third-order valence-electron chi connectivity index (χ3n) is 3.49. The highest BCUT2D eigenvalue weighted by molar-refractivity contribution is 7.15. The summed E-state index contributed by atoms with van der Waals surface area (Å²) in [4.78, 5) is 16.9. The second kappa shape index (κ2) is 4.46. The minimum atomic E-state index is -0.911. The Labute approximate surface area is 123 Å². The monoisotopic (exact) mass is 297 g/mol. The predicted molar refractivity (Wildman–Crippen MR) is 81.1 cm³/mol. The van der Waals surface area contributed by atoms with Crippen LogP contribution in [-0.2, 0) is 6.54 Å². The maximum atomic E-state index is 11.4. The van der Waals surface area contributed by atoms with Gasteiger partial charge >= 0.3 is 5.97 Å². The van der Waals surface area contributed by atoms with Crippen LogP contribution in [-0.4, -0.2) is 25.0 Å². The molecule has 0 radical (unpaired) electrons. The smallest absolute Gasteiger partial charge is 0.337 e. The molecule has 4 aromatic rings. The second-order valence-electron chi connectivity index (χ2n) is 4.82. The maximum absolute atomic E-state index is 11.4. The number of carboxylic acid groups (broad SMARTS) is 1. The highest BCUT2D eigenvalue weighted by atomic mass is 32.1. The number of carboxylic acids is 1. The highest BCUT2D eigenvalue weighted by Gasteiger charge is 2.13. The summed E-state index contributed by atoms with van der Waals surface area (Å²) in [5.41, 5.74) is 1.97. The normalized spacial score (nSPS) is 11.4. The van der Waals surface area contributed by atoms with Gasteiger partial charge in [0.05, 0.1) is 23.3 Å². The standard InChI is InChI=1S/C15H11N3O2S/c19-14(20)12-3-1-2-10-4-5-17(13(10)12)8-11-9-18-6-7-21-15(18)16-11/h1-7,9H,8H2,(H,19,20). The molecule has 6 heteroatoms. The number of fused-ring (bicyclic) bond motifs is 2. The molecule has 0 saturated heterocycles. The van der Waals surface area contributed by atoms with Crippen molar-refractivity contribution < 1.29 is 9.90 Å². The van der Waals surface area contributed by atoms with E-state index in [-0.39, 0.29) is 0 Å². The van der Waals surface area contributed by atoms with E-state index in [1.165, 1.54) is 0 Å². The van der Waals surface area contributed by atoms with Crippen LogP contribution in [0.1, 0.15) is 16.1 Å². The number of hydrogen-bond acceptors (Lipinski definition) is 3. The SMILES string of the molecule is O=C(O)c1cccc2ccn(Cc3cn4ccsc4n3)c12. The quantitative estimate of drug-likeness (QED) is 0.632. The van der Waals surface area contributed by atoms with Crippen molar-refractivity contribution in [2.45, 2.75) is 6.54 Å². The van der Waals surface area contributed by atoms with Gasteiger partial charge in [0, 0.05) is 29.4 Å². The topological polar surface area (TPSA) is 59.5 Å². The minimum Gasteiger partial charge on any atom is -0.478 e. The average Bonchev–Trinajstić information content (AvgIpc) is 3.13. The van der Waals surface area contributed by atoms with E-state index in [1.807, 2.05) is 45.1 Å². The van der Waals surface area contributed by atoms with E-state index in [9.17, 15) is 9.90 Å². The van der Waals surface area contributed by atoms with Crippen molar-refractivity contribution in [2.75, 3.05) is 0 Å². The van der Waals surface area contributed by atoms with Crippen LogP contribution in [0, 0.1) is 0 Å². The zero-order valence-electron chi connectivity index (χ0n) is 10.9. The van der Waals surface area contributed by atoms with Gasteiger partial charge in [-0.1, -0.05) is 12.1 Å². The van der Waals surface area contributed by atoms with Gasteiger partial charge in [0.15, 0.2) is 4.96 Å². The van der Waals surface area contributed by atoms with E-state index in [0.717, 1.165) is 21.6 Å². The van der Waals surface area contributed by atoms with Gasteiger partial charge in [0.2, 0.25) is 0 Å². The molecule has 0 atom stereocenters. The molecule has 4 rings (SSSR count). The fourth-order valence-corrected chi connectivity index (χ4v) is 3.31. The number of aromatic nitrogens is 3. The number of aromatic carboxylic acids is 1. The van der Waals surface area contributed by atoms with Crippen LogP contribution in [0.25, 0.3) is 15.9 Å². The Kier molecular flexibility index (Phi) is 2.58. The summed E-state index contributed by atoms with van der Waals surface area (Å²) in [7, 11) is 0. The van der Waals surface area contributed by atoms with Crippen LogP contribution in [0.5, 0.6) is 0 Å². The first-order valence-corrected chi connectivity index (χ1v) is 7.32. The van der Waals surface area contributed by atoms with Crippen LogP contribution < -0.4 is 0 Å². The number of thiazole rings is 1. The third kappa shape index (κ3) is 1.92. The molecule has 0 aliphatic rings. The molecule has 1 aromatic carbocycles. The molecule has 3 heterocycles. The Morgan fingerprint density at radius 2 is 2.19 bits per heavy atom. The molecule has 0 unspecified atom stereocenters. The summed E-state index contributed by atoms with van der Waals surface area (Å²) in [6, 6.07) is 7.25. The fraction of sp³-hybridized carbons (Fsp3) is 0.0667. The van der Waals surface area contributed by atoms with Gasteiger partial charge in [0.1, 0.15) is 0 Å². The first-order chi connectivity index (χ1) is 10.2. The molecule has 0 saturated carbocycles. The Hall–Kier alpha value is -2.60. The largest absolute Gasteiger partial charge is 0.478 e. The molecular weight excluding hydrogens is 286 g/mol. The molecule has 0 aliphatic heterocycles. The summed E-state index contributed by atoms with van der Waals surface area (Å²) < 4.78 is 3.91. The Balaban J connectivity index is 1.83. The third-order valence-corrected chi connectivity index (χ3v) is 4.27. The number of carbonyl (C=O) groups is 1. The summed E-state index contributed by atoms with van der Waals surface area (Å²) in [5.74, 6) is -0.911. The van der Waals surface area contributed by atoms with Crippen LogP contribution in [0.2, 0.25) is 0 Å². The number of nitrogens with zero attached hydrogens (tertiary/aromatic N) is 3. The predicted octanol–water partition coefficient (Wildman–Crippen LogP) is 3.10. The lowest BCUT2D eigenvalue weighted by atomic mass is 10.1. The summed E-state index contributed by atoms with van der Waals surface area (Å²) >= 11 is 1.58. The van der Waals surface area contributed by atoms with E-state index < -0.39 is 5.97 Å². The second-order valence-corrected chi connectivity index (χ2v) is 5.69. The zero-order valence-corrected chi connectivity index (χ0v) is 11.7. The first kappa shape index (κ1) is 12.2. The van der Waals surface area contributed by atoms with E-state index in [2.05, 4.69) is 4.98 Å². The van der Waals surface area contributed by atoms with Crippen molar-refractivity contribution >= 4 is 33.2 Å². The van der Waals surface area contributed by atoms with E-state index in [4.69, 9.17) is 0 Å². The van der Waals surface area contributed by atoms with Crippen molar-refractivity contribution in [3.63, 3.8) is 0 Å². The number of hydrogen-bond donors (Lipinski definition) is 1. The number of rotatable bonds is 3. The Morgan fingerprint density at radius 3 is 3.00 bits per heavy atom. The average molecular weight is 297 g/mol. The molecule has 1 N–H and O–H groups in total. The lowest BCUT2D eigenvalue weighted by Gasteiger charge is -2.05. The summed E-state index contributed by atoms with van der Waals surface area (Å²) in [6.07, 6.45) is 5.85.